The summed E-state index contributed by atoms with van der Waals surface area (Å²) in [6.07, 6.45) is 4.02. The fourth-order valence-electron chi connectivity index (χ4n) is 1.42. The molecule has 1 rings (SSSR count). The van der Waals surface area contributed by atoms with E-state index in [1.165, 1.54) is 4.68 Å². The minimum Gasteiger partial charge on any atom is -0.372 e. The monoisotopic (exact) mass is 256 g/mol. The Hall–Kier alpha value is -1.33. The van der Waals surface area contributed by atoms with E-state index in [2.05, 4.69) is 11.7 Å². The molecule has 0 spiro atoms. The van der Waals surface area contributed by atoms with Crippen molar-refractivity contribution < 1.29 is 0 Å². The molecule has 1 aromatic rings. The highest BCUT2D eigenvalue weighted by Crippen LogP contribution is 2.19. The zero-order chi connectivity index (χ0) is 12.8. The first-order valence-corrected chi connectivity index (χ1v) is 5.77. The van der Waals surface area contributed by atoms with Gasteiger partial charge in [0.15, 0.2) is 0 Å². The molecule has 0 aromatic carbocycles. The van der Waals surface area contributed by atoms with Crippen molar-refractivity contribution in [3.8, 4) is 0 Å². The Kier molecular flexibility index (Phi) is 5.18. The minimum atomic E-state index is -0.302. The van der Waals surface area contributed by atoms with Gasteiger partial charge in [0.2, 0.25) is 0 Å². The number of anilines is 1. The van der Waals surface area contributed by atoms with E-state index in [-0.39, 0.29) is 10.6 Å². The van der Waals surface area contributed by atoms with Gasteiger partial charge in [-0.3, -0.25) is 4.79 Å². The lowest BCUT2D eigenvalue weighted by Crippen LogP contribution is -2.28. The van der Waals surface area contributed by atoms with Gasteiger partial charge < -0.3 is 10.6 Å². The van der Waals surface area contributed by atoms with Crippen molar-refractivity contribution in [1.29, 1.82) is 0 Å². The molecule has 94 valence electrons. The van der Waals surface area contributed by atoms with E-state index < -0.39 is 0 Å². The van der Waals surface area contributed by atoms with Gasteiger partial charge in [-0.2, -0.15) is 5.10 Å². The quantitative estimate of drug-likeness (QED) is 0.767. The van der Waals surface area contributed by atoms with Gasteiger partial charge in [-0.25, -0.2) is 4.68 Å². The third-order valence-electron chi connectivity index (χ3n) is 2.38. The van der Waals surface area contributed by atoms with Crippen LogP contribution in [0.1, 0.15) is 6.42 Å². The largest absolute Gasteiger partial charge is 0.372 e. The predicted octanol–water partition coefficient (Wildman–Crippen LogP) is 0.868. The van der Waals surface area contributed by atoms with Crippen molar-refractivity contribution in [2.45, 2.75) is 13.0 Å². The highest BCUT2D eigenvalue weighted by molar-refractivity contribution is 6.33. The van der Waals surface area contributed by atoms with Crippen LogP contribution in [0.4, 0.5) is 5.69 Å². The fraction of sp³-hybridized carbons (Fsp3) is 0.455. The minimum absolute atomic E-state index is 0.182. The Morgan fingerprint density at radius 3 is 3.00 bits per heavy atom. The standard InChI is InChI=1S/C11H17ClN4O/c1-3-6-16-11(17)10(12)9(8-14-16)15(2)7-4-5-13/h3,8H,1,4-7,13H2,2H3. The zero-order valence-corrected chi connectivity index (χ0v) is 10.7. The van der Waals surface area contributed by atoms with Crippen molar-refractivity contribution in [2.75, 3.05) is 25.0 Å². The average Bonchev–Trinajstić information content (AvgIpc) is 2.32. The van der Waals surface area contributed by atoms with Crippen molar-refractivity contribution in [3.05, 3.63) is 34.2 Å². The summed E-state index contributed by atoms with van der Waals surface area (Å²) in [5.74, 6) is 0. The molecule has 0 fully saturated rings. The highest BCUT2D eigenvalue weighted by atomic mass is 35.5. The maximum absolute atomic E-state index is 11.8. The Bertz CT molecular complexity index is 444. The van der Waals surface area contributed by atoms with Crippen LogP contribution in [-0.4, -0.2) is 29.9 Å². The van der Waals surface area contributed by atoms with E-state index in [0.717, 1.165) is 13.0 Å². The Balaban J connectivity index is 2.99. The predicted molar refractivity (Wildman–Crippen MR) is 70.6 cm³/mol. The van der Waals surface area contributed by atoms with Crippen molar-refractivity contribution in [2.24, 2.45) is 5.73 Å². The first kappa shape index (κ1) is 13.7. The summed E-state index contributed by atoms with van der Waals surface area (Å²) >= 11 is 6.03. The number of aromatic nitrogens is 2. The highest BCUT2D eigenvalue weighted by Gasteiger charge is 2.11. The second-order valence-corrected chi connectivity index (χ2v) is 4.06. The molecule has 5 nitrogen and oxygen atoms in total. The third-order valence-corrected chi connectivity index (χ3v) is 2.73. The molecule has 1 aromatic heterocycles. The normalized spacial score (nSPS) is 10.3. The third kappa shape index (κ3) is 3.31. The maximum Gasteiger partial charge on any atom is 0.287 e. The lowest BCUT2D eigenvalue weighted by atomic mass is 10.3. The van der Waals surface area contributed by atoms with E-state index in [0.29, 0.717) is 18.8 Å². The summed E-state index contributed by atoms with van der Waals surface area (Å²) in [5, 5.41) is 4.22. The first-order chi connectivity index (χ1) is 8.11. The van der Waals surface area contributed by atoms with E-state index in [9.17, 15) is 4.79 Å². The summed E-state index contributed by atoms with van der Waals surface area (Å²) in [5.41, 5.74) is 5.76. The second kappa shape index (κ2) is 6.42. The number of halogens is 1. The number of allylic oxidation sites excluding steroid dienone is 1. The molecular formula is C11H17ClN4O. The number of hydrogen-bond acceptors (Lipinski definition) is 4. The molecule has 6 heteroatoms. The Labute approximate surface area is 105 Å². The van der Waals surface area contributed by atoms with Gasteiger partial charge in [0.05, 0.1) is 18.4 Å². The van der Waals surface area contributed by atoms with Crippen LogP contribution in [0.2, 0.25) is 5.02 Å². The van der Waals surface area contributed by atoms with Crippen LogP contribution >= 0.6 is 11.6 Å². The van der Waals surface area contributed by atoms with Crippen LogP contribution in [0.5, 0.6) is 0 Å². The van der Waals surface area contributed by atoms with Gasteiger partial charge in [-0.05, 0) is 13.0 Å². The topological polar surface area (TPSA) is 64.2 Å². The van der Waals surface area contributed by atoms with Gasteiger partial charge in [-0.15, -0.1) is 6.58 Å². The fourth-order valence-corrected chi connectivity index (χ4v) is 1.71. The van der Waals surface area contributed by atoms with Crippen LogP contribution in [0.3, 0.4) is 0 Å². The van der Waals surface area contributed by atoms with E-state index >= 15 is 0 Å². The first-order valence-electron chi connectivity index (χ1n) is 5.39. The molecule has 0 saturated carbocycles. The van der Waals surface area contributed by atoms with Crippen LogP contribution in [0.15, 0.2) is 23.6 Å². The molecule has 0 aliphatic rings. The molecule has 0 saturated heterocycles. The molecule has 0 amide bonds. The molecule has 0 aliphatic carbocycles. The van der Waals surface area contributed by atoms with E-state index in [1.54, 1.807) is 12.3 Å². The summed E-state index contributed by atoms with van der Waals surface area (Å²) in [6.45, 7) is 5.25. The lowest BCUT2D eigenvalue weighted by molar-refractivity contribution is 0.649. The Morgan fingerprint density at radius 2 is 2.41 bits per heavy atom. The number of hydrogen-bond donors (Lipinski definition) is 1. The van der Waals surface area contributed by atoms with Crippen molar-refractivity contribution >= 4 is 17.3 Å². The molecule has 17 heavy (non-hydrogen) atoms. The molecule has 0 radical (unpaired) electrons. The van der Waals surface area contributed by atoms with Crippen molar-refractivity contribution in [3.63, 3.8) is 0 Å². The van der Waals surface area contributed by atoms with Gasteiger partial charge in [0, 0.05) is 13.6 Å². The molecule has 0 atom stereocenters. The second-order valence-electron chi connectivity index (χ2n) is 3.68. The zero-order valence-electron chi connectivity index (χ0n) is 9.90. The summed E-state index contributed by atoms with van der Waals surface area (Å²) < 4.78 is 1.27. The molecular weight excluding hydrogens is 240 g/mol. The SMILES string of the molecule is C=CCn1ncc(N(C)CCCN)c(Cl)c1=O. The molecule has 2 N–H and O–H groups in total. The van der Waals surface area contributed by atoms with Gasteiger partial charge in [0.25, 0.3) is 5.56 Å². The van der Waals surface area contributed by atoms with Crippen LogP contribution in [-0.2, 0) is 6.54 Å². The molecule has 0 unspecified atom stereocenters. The van der Waals surface area contributed by atoms with Gasteiger partial charge in [0.1, 0.15) is 5.02 Å². The Morgan fingerprint density at radius 1 is 1.71 bits per heavy atom. The number of rotatable bonds is 6. The average molecular weight is 257 g/mol. The smallest absolute Gasteiger partial charge is 0.287 e. The lowest BCUT2D eigenvalue weighted by Gasteiger charge is -2.19. The number of nitrogens with two attached hydrogens (primary N) is 1. The summed E-state index contributed by atoms with van der Waals surface area (Å²) in [6, 6.07) is 0. The summed E-state index contributed by atoms with van der Waals surface area (Å²) in [4.78, 5) is 13.7. The van der Waals surface area contributed by atoms with Crippen LogP contribution < -0.4 is 16.2 Å². The van der Waals surface area contributed by atoms with Crippen molar-refractivity contribution in [1.82, 2.24) is 9.78 Å². The van der Waals surface area contributed by atoms with Crippen LogP contribution in [0, 0.1) is 0 Å². The van der Waals surface area contributed by atoms with Gasteiger partial charge >= 0.3 is 0 Å². The summed E-state index contributed by atoms with van der Waals surface area (Å²) in [7, 11) is 1.86. The van der Waals surface area contributed by atoms with Gasteiger partial charge in [-0.1, -0.05) is 17.7 Å². The van der Waals surface area contributed by atoms with E-state index in [1.807, 2.05) is 11.9 Å². The molecule has 1 heterocycles. The maximum atomic E-state index is 11.8. The van der Waals surface area contributed by atoms with E-state index in [4.69, 9.17) is 17.3 Å². The molecule has 0 bridgehead atoms. The van der Waals surface area contributed by atoms with Crippen LogP contribution in [0.25, 0.3) is 0 Å². The molecule has 0 aliphatic heterocycles. The number of nitrogens with zero attached hydrogens (tertiary/aromatic N) is 3.